The molecule has 2 aromatic rings. The van der Waals surface area contributed by atoms with E-state index < -0.39 is 10.0 Å². The number of anilines is 1. The number of carbonyl (C=O) groups is 1. The van der Waals surface area contributed by atoms with Crippen LogP contribution < -0.4 is 4.90 Å². The fraction of sp³-hybridized carbons (Fsp3) is 0.429. The van der Waals surface area contributed by atoms with E-state index in [-0.39, 0.29) is 16.7 Å². The molecule has 3 heterocycles. The third kappa shape index (κ3) is 4.00. The highest BCUT2D eigenvalue weighted by atomic mass is 32.2. The molecule has 154 valence electrons. The molecule has 8 heteroatoms. The summed E-state index contributed by atoms with van der Waals surface area (Å²) in [6, 6.07) is 11.4. The van der Waals surface area contributed by atoms with Gasteiger partial charge in [0.25, 0.3) is 0 Å². The normalized spacial score (nSPS) is 18.9. The Bertz CT molecular complexity index is 972. The number of nitrogens with zero attached hydrogens (tertiary/aromatic N) is 4. The van der Waals surface area contributed by atoms with Crippen molar-refractivity contribution in [2.45, 2.75) is 24.3 Å². The van der Waals surface area contributed by atoms with Gasteiger partial charge in [-0.15, -0.1) is 0 Å². The zero-order valence-corrected chi connectivity index (χ0v) is 17.4. The summed E-state index contributed by atoms with van der Waals surface area (Å²) in [5.74, 6) is -0.000513. The number of piperidine rings is 1. The van der Waals surface area contributed by atoms with Gasteiger partial charge in [0.15, 0.2) is 0 Å². The Labute approximate surface area is 172 Å². The molecule has 1 fully saturated rings. The minimum absolute atomic E-state index is 0.133. The minimum Gasteiger partial charge on any atom is -0.373 e. The van der Waals surface area contributed by atoms with Gasteiger partial charge in [0.1, 0.15) is 4.90 Å². The van der Waals surface area contributed by atoms with Crippen molar-refractivity contribution in [2.75, 3.05) is 38.1 Å². The number of amides is 1. The molecule has 1 amide bonds. The standard InChI is InChI=1S/C21H26N4O3S/c1-23-13-14-24(16-18-5-2-3-7-20(18)23)21(26)17-8-11-25(12-9-17)29(27,28)19-6-4-10-22-15-19/h2-7,10,15,17H,8-9,11-14,16H2,1H3. The minimum atomic E-state index is -3.55. The first-order chi connectivity index (χ1) is 14.0. The number of fused-ring (bicyclic) bond motifs is 1. The lowest BCUT2D eigenvalue weighted by Crippen LogP contribution is -2.45. The number of rotatable bonds is 3. The van der Waals surface area contributed by atoms with Crippen molar-refractivity contribution in [3.05, 3.63) is 54.4 Å². The van der Waals surface area contributed by atoms with E-state index >= 15 is 0 Å². The Morgan fingerprint density at radius 2 is 1.79 bits per heavy atom. The number of benzene rings is 1. The number of sulfonamides is 1. The van der Waals surface area contributed by atoms with E-state index in [9.17, 15) is 13.2 Å². The van der Waals surface area contributed by atoms with Crippen LogP contribution in [0.1, 0.15) is 18.4 Å². The van der Waals surface area contributed by atoms with Gasteiger partial charge in [0.05, 0.1) is 0 Å². The summed E-state index contributed by atoms with van der Waals surface area (Å²) in [4.78, 5) is 21.4. The molecule has 2 aliphatic rings. The van der Waals surface area contributed by atoms with Crippen LogP contribution in [0.3, 0.4) is 0 Å². The van der Waals surface area contributed by atoms with E-state index in [0.29, 0.717) is 39.0 Å². The summed E-state index contributed by atoms with van der Waals surface area (Å²) in [6.45, 7) is 2.79. The van der Waals surface area contributed by atoms with E-state index in [1.54, 1.807) is 18.3 Å². The second-order valence-corrected chi connectivity index (χ2v) is 9.62. The van der Waals surface area contributed by atoms with Gasteiger partial charge in [0.2, 0.25) is 15.9 Å². The molecule has 0 atom stereocenters. The van der Waals surface area contributed by atoms with Gasteiger partial charge in [-0.3, -0.25) is 9.78 Å². The smallest absolute Gasteiger partial charge is 0.244 e. The molecule has 29 heavy (non-hydrogen) atoms. The van der Waals surface area contributed by atoms with E-state index in [2.05, 4.69) is 29.1 Å². The summed E-state index contributed by atoms with van der Waals surface area (Å²) >= 11 is 0. The van der Waals surface area contributed by atoms with Crippen molar-refractivity contribution in [3.8, 4) is 0 Å². The molecule has 0 radical (unpaired) electrons. The van der Waals surface area contributed by atoms with Gasteiger partial charge in [-0.1, -0.05) is 18.2 Å². The fourth-order valence-corrected chi connectivity index (χ4v) is 5.57. The highest BCUT2D eigenvalue weighted by Gasteiger charge is 2.34. The number of pyridine rings is 1. The molecule has 0 N–H and O–H groups in total. The summed E-state index contributed by atoms with van der Waals surface area (Å²) in [5.41, 5.74) is 2.32. The molecule has 7 nitrogen and oxygen atoms in total. The maximum Gasteiger partial charge on any atom is 0.244 e. The van der Waals surface area contributed by atoms with Crippen LogP contribution in [0.2, 0.25) is 0 Å². The van der Waals surface area contributed by atoms with Gasteiger partial charge in [-0.25, -0.2) is 8.42 Å². The number of likely N-dealkylation sites (N-methyl/N-ethyl adjacent to an activating group) is 1. The third-order valence-corrected chi connectivity index (χ3v) is 7.74. The number of aromatic nitrogens is 1. The largest absolute Gasteiger partial charge is 0.373 e. The van der Waals surface area contributed by atoms with Crippen molar-refractivity contribution in [1.29, 1.82) is 0 Å². The van der Waals surface area contributed by atoms with Crippen LogP contribution >= 0.6 is 0 Å². The molecule has 2 aliphatic heterocycles. The average molecular weight is 415 g/mol. The van der Waals surface area contributed by atoms with Gasteiger partial charge >= 0.3 is 0 Å². The monoisotopic (exact) mass is 414 g/mol. The van der Waals surface area contributed by atoms with Crippen molar-refractivity contribution in [2.24, 2.45) is 5.92 Å². The van der Waals surface area contributed by atoms with Crippen molar-refractivity contribution >= 4 is 21.6 Å². The van der Waals surface area contributed by atoms with Crippen LogP contribution in [0.4, 0.5) is 5.69 Å². The Balaban J connectivity index is 1.42. The van der Waals surface area contributed by atoms with Crippen molar-refractivity contribution in [1.82, 2.24) is 14.2 Å². The predicted octanol–water partition coefficient (Wildman–Crippen LogP) is 1.96. The average Bonchev–Trinajstić information content (AvgIpc) is 2.93. The molecule has 0 spiro atoms. The molecule has 0 bridgehead atoms. The molecule has 4 rings (SSSR count). The van der Waals surface area contributed by atoms with Crippen LogP contribution in [0.15, 0.2) is 53.7 Å². The Kier molecular flexibility index (Phi) is 5.56. The highest BCUT2D eigenvalue weighted by molar-refractivity contribution is 7.89. The van der Waals surface area contributed by atoms with Crippen molar-refractivity contribution in [3.63, 3.8) is 0 Å². The van der Waals surface area contributed by atoms with Crippen LogP contribution in [0.25, 0.3) is 0 Å². The molecule has 0 unspecified atom stereocenters. The molecule has 1 aromatic heterocycles. The molecule has 0 saturated carbocycles. The predicted molar refractivity (Wildman–Crippen MR) is 111 cm³/mol. The Hall–Kier alpha value is -2.45. The lowest BCUT2D eigenvalue weighted by atomic mass is 9.96. The topological polar surface area (TPSA) is 73.8 Å². The first-order valence-electron chi connectivity index (χ1n) is 9.95. The maximum atomic E-state index is 13.2. The first kappa shape index (κ1) is 19.8. The number of para-hydroxylation sites is 1. The Morgan fingerprint density at radius 3 is 2.52 bits per heavy atom. The lowest BCUT2D eigenvalue weighted by molar-refractivity contribution is -0.137. The molecule has 0 aliphatic carbocycles. The zero-order chi connectivity index (χ0) is 20.4. The number of carbonyl (C=O) groups excluding carboxylic acids is 1. The second kappa shape index (κ2) is 8.12. The van der Waals surface area contributed by atoms with E-state index in [4.69, 9.17) is 0 Å². The van der Waals surface area contributed by atoms with E-state index in [1.165, 1.54) is 16.2 Å². The van der Waals surface area contributed by atoms with E-state index in [0.717, 1.165) is 12.1 Å². The lowest BCUT2D eigenvalue weighted by Gasteiger charge is -2.33. The van der Waals surface area contributed by atoms with Crippen LogP contribution in [0, 0.1) is 5.92 Å². The second-order valence-electron chi connectivity index (χ2n) is 7.68. The SMILES string of the molecule is CN1CCN(C(=O)C2CCN(S(=O)(=O)c3cccnc3)CC2)Cc2ccccc21. The van der Waals surface area contributed by atoms with Gasteiger partial charge < -0.3 is 9.80 Å². The highest BCUT2D eigenvalue weighted by Crippen LogP contribution is 2.28. The summed E-state index contributed by atoms with van der Waals surface area (Å²) < 4.78 is 27.0. The van der Waals surface area contributed by atoms with Crippen LogP contribution in [-0.4, -0.2) is 61.7 Å². The number of hydrogen-bond acceptors (Lipinski definition) is 5. The van der Waals surface area contributed by atoms with Gasteiger partial charge in [-0.05, 0) is 36.6 Å². The van der Waals surface area contributed by atoms with Crippen LogP contribution in [0.5, 0.6) is 0 Å². The van der Waals surface area contributed by atoms with E-state index in [1.807, 2.05) is 17.0 Å². The summed E-state index contributed by atoms with van der Waals surface area (Å²) in [5, 5.41) is 0. The maximum absolute atomic E-state index is 13.2. The fourth-order valence-electron chi connectivity index (χ4n) is 4.13. The Morgan fingerprint density at radius 1 is 1.03 bits per heavy atom. The summed E-state index contributed by atoms with van der Waals surface area (Å²) in [7, 11) is -1.50. The summed E-state index contributed by atoms with van der Waals surface area (Å²) in [6.07, 6.45) is 4.02. The molecular formula is C21H26N4O3S. The first-order valence-corrected chi connectivity index (χ1v) is 11.4. The molecule has 1 saturated heterocycles. The number of hydrogen-bond donors (Lipinski definition) is 0. The van der Waals surface area contributed by atoms with Gasteiger partial charge in [0, 0.05) is 63.8 Å². The van der Waals surface area contributed by atoms with Crippen molar-refractivity contribution < 1.29 is 13.2 Å². The third-order valence-electron chi connectivity index (χ3n) is 5.86. The quantitative estimate of drug-likeness (QED) is 0.768. The molecule has 1 aromatic carbocycles. The van der Waals surface area contributed by atoms with Crippen LogP contribution in [-0.2, 0) is 21.4 Å². The van der Waals surface area contributed by atoms with Gasteiger partial charge in [-0.2, -0.15) is 4.31 Å². The zero-order valence-electron chi connectivity index (χ0n) is 16.6. The molecular weight excluding hydrogens is 388 g/mol.